The number of rotatable bonds is 7. The van der Waals surface area contributed by atoms with Crippen LogP contribution in [0, 0.1) is 0 Å². The maximum Gasteiger partial charge on any atom is 0.186 e. The molecule has 1 fully saturated rings. The van der Waals surface area contributed by atoms with Crippen LogP contribution in [-0.2, 0) is 28.4 Å². The highest BCUT2D eigenvalue weighted by Gasteiger charge is 2.49. The maximum atomic E-state index is 5.75. The molecular formula is C11H22O6. The second-order valence-electron chi connectivity index (χ2n) is 3.83. The average molecular weight is 250 g/mol. The van der Waals surface area contributed by atoms with Crippen LogP contribution in [0.1, 0.15) is 0 Å². The van der Waals surface area contributed by atoms with E-state index in [-0.39, 0.29) is 24.4 Å². The van der Waals surface area contributed by atoms with E-state index in [9.17, 15) is 0 Å². The molecule has 0 aromatic carbocycles. The van der Waals surface area contributed by atoms with Crippen LogP contribution in [0.25, 0.3) is 0 Å². The molecule has 1 rings (SSSR count). The van der Waals surface area contributed by atoms with Gasteiger partial charge >= 0.3 is 0 Å². The van der Waals surface area contributed by atoms with Crippen molar-refractivity contribution in [2.24, 2.45) is 0 Å². The summed E-state index contributed by atoms with van der Waals surface area (Å²) in [7, 11) is 8.02. The van der Waals surface area contributed by atoms with Gasteiger partial charge in [-0.25, -0.2) is 0 Å². The fourth-order valence-electron chi connectivity index (χ4n) is 2.12. The molecule has 0 aromatic rings. The summed E-state index contributed by atoms with van der Waals surface area (Å²) in [5, 5.41) is 0. The van der Waals surface area contributed by atoms with E-state index in [2.05, 4.69) is 0 Å². The molecule has 0 aliphatic carbocycles. The Bertz CT molecular complexity index is 212. The van der Waals surface area contributed by atoms with Gasteiger partial charge in [0.25, 0.3) is 0 Å². The van der Waals surface area contributed by atoms with Crippen LogP contribution < -0.4 is 0 Å². The largest absolute Gasteiger partial charge is 0.382 e. The van der Waals surface area contributed by atoms with Crippen LogP contribution in [0.4, 0.5) is 0 Å². The summed E-state index contributed by atoms with van der Waals surface area (Å²) in [5.41, 5.74) is 0. The third kappa shape index (κ3) is 3.15. The monoisotopic (exact) mass is 250 g/mol. The lowest BCUT2D eigenvalue weighted by molar-refractivity contribution is -0.175. The zero-order valence-electron chi connectivity index (χ0n) is 11.0. The van der Waals surface area contributed by atoms with Crippen molar-refractivity contribution < 1.29 is 28.4 Å². The fourth-order valence-corrected chi connectivity index (χ4v) is 2.12. The number of hydrogen-bond donors (Lipinski definition) is 0. The first-order chi connectivity index (χ1) is 8.23. The van der Waals surface area contributed by atoms with E-state index in [1.807, 2.05) is 0 Å². The summed E-state index contributed by atoms with van der Waals surface area (Å²) in [5.74, 6) is 0. The number of ether oxygens (including phenoxy) is 6. The maximum absolute atomic E-state index is 5.75. The molecule has 102 valence electrons. The Balaban J connectivity index is 2.76. The van der Waals surface area contributed by atoms with Gasteiger partial charge in [0.2, 0.25) is 0 Å². The normalized spacial score (nSPS) is 35.1. The molecule has 6 heteroatoms. The van der Waals surface area contributed by atoms with E-state index in [0.29, 0.717) is 6.61 Å². The van der Waals surface area contributed by atoms with E-state index >= 15 is 0 Å². The second-order valence-corrected chi connectivity index (χ2v) is 3.83. The molecular weight excluding hydrogens is 228 g/mol. The molecule has 1 aliphatic heterocycles. The van der Waals surface area contributed by atoms with Gasteiger partial charge in [0.1, 0.15) is 24.4 Å². The lowest BCUT2D eigenvalue weighted by atomic mass is 10.1. The van der Waals surface area contributed by atoms with Gasteiger partial charge in [0.15, 0.2) is 6.29 Å². The Kier molecular flexibility index (Phi) is 6.32. The molecule has 6 nitrogen and oxygen atoms in total. The first kappa shape index (κ1) is 14.8. The summed E-state index contributed by atoms with van der Waals surface area (Å²) in [6.07, 6.45) is -1.47. The Morgan fingerprint density at radius 2 is 1.59 bits per heavy atom. The minimum Gasteiger partial charge on any atom is -0.382 e. The molecule has 0 spiro atoms. The van der Waals surface area contributed by atoms with Crippen molar-refractivity contribution in [3.63, 3.8) is 0 Å². The minimum atomic E-state index is -0.454. The Morgan fingerprint density at radius 3 is 2.00 bits per heavy atom. The van der Waals surface area contributed by atoms with Crippen molar-refractivity contribution in [2.75, 3.05) is 42.2 Å². The molecule has 0 aromatic heterocycles. The molecule has 17 heavy (non-hydrogen) atoms. The molecule has 0 bridgehead atoms. The predicted octanol–water partition coefficient (Wildman–Crippen LogP) is 0.0491. The Morgan fingerprint density at radius 1 is 0.941 bits per heavy atom. The minimum absolute atomic E-state index is 0.220. The average Bonchev–Trinajstić information content (AvgIpc) is 2.73. The van der Waals surface area contributed by atoms with E-state index in [4.69, 9.17) is 28.4 Å². The first-order valence-electron chi connectivity index (χ1n) is 5.49. The number of hydrogen-bond acceptors (Lipinski definition) is 6. The van der Waals surface area contributed by atoms with Gasteiger partial charge in [-0.3, -0.25) is 0 Å². The zero-order valence-corrected chi connectivity index (χ0v) is 11.0. The first-order valence-corrected chi connectivity index (χ1v) is 5.49. The van der Waals surface area contributed by atoms with Crippen LogP contribution >= 0.6 is 0 Å². The Labute approximate surface area is 102 Å². The smallest absolute Gasteiger partial charge is 0.186 e. The standard InChI is InChI=1S/C11H22O6/c1-12-6-7(13-2)8-9(14-3)10(15-4)11(16-5)17-8/h7-11H,6H2,1-5H3/t7-,8?,9?,10?,11?/m0/s1. The molecule has 0 N–H and O–H groups in total. The van der Waals surface area contributed by atoms with Crippen molar-refractivity contribution in [3.8, 4) is 0 Å². The van der Waals surface area contributed by atoms with Gasteiger partial charge in [-0.15, -0.1) is 0 Å². The molecule has 1 heterocycles. The van der Waals surface area contributed by atoms with Gasteiger partial charge in [0, 0.05) is 35.5 Å². The van der Waals surface area contributed by atoms with Crippen molar-refractivity contribution in [1.29, 1.82) is 0 Å². The summed E-state index contributed by atoms with van der Waals surface area (Å²) >= 11 is 0. The second kappa shape index (κ2) is 7.25. The molecule has 0 saturated carbocycles. The molecule has 4 unspecified atom stereocenters. The molecule has 1 saturated heterocycles. The van der Waals surface area contributed by atoms with Gasteiger partial charge in [0.05, 0.1) is 6.61 Å². The summed E-state index contributed by atoms with van der Waals surface area (Å²) in [6, 6.07) is 0. The highest BCUT2D eigenvalue weighted by atomic mass is 16.7. The molecule has 0 amide bonds. The van der Waals surface area contributed by atoms with Crippen LogP contribution in [0.15, 0.2) is 0 Å². The van der Waals surface area contributed by atoms with Crippen molar-refractivity contribution in [3.05, 3.63) is 0 Å². The van der Waals surface area contributed by atoms with Crippen molar-refractivity contribution in [1.82, 2.24) is 0 Å². The van der Waals surface area contributed by atoms with E-state index in [0.717, 1.165) is 0 Å². The van der Waals surface area contributed by atoms with E-state index in [1.54, 1.807) is 35.5 Å². The van der Waals surface area contributed by atoms with Gasteiger partial charge in [-0.1, -0.05) is 0 Å². The fraction of sp³-hybridized carbons (Fsp3) is 1.00. The summed E-state index contributed by atoms with van der Waals surface area (Å²) in [4.78, 5) is 0. The highest BCUT2D eigenvalue weighted by molar-refractivity contribution is 4.93. The van der Waals surface area contributed by atoms with E-state index < -0.39 is 6.29 Å². The van der Waals surface area contributed by atoms with Gasteiger partial charge in [-0.2, -0.15) is 0 Å². The van der Waals surface area contributed by atoms with Gasteiger partial charge in [-0.05, 0) is 0 Å². The SMILES string of the molecule is COC[C@H](OC)C1OC(OC)C(OC)C1OC. The van der Waals surface area contributed by atoms with Crippen LogP contribution in [-0.4, -0.2) is 72.9 Å². The Hall–Kier alpha value is -0.240. The van der Waals surface area contributed by atoms with Crippen molar-refractivity contribution >= 4 is 0 Å². The molecule has 1 aliphatic rings. The topological polar surface area (TPSA) is 55.4 Å². The van der Waals surface area contributed by atoms with E-state index in [1.165, 1.54) is 0 Å². The lowest BCUT2D eigenvalue weighted by Gasteiger charge is -2.26. The van der Waals surface area contributed by atoms with Crippen molar-refractivity contribution in [2.45, 2.75) is 30.7 Å². The summed E-state index contributed by atoms with van der Waals surface area (Å²) in [6.45, 7) is 0.424. The number of methoxy groups -OCH3 is 5. The van der Waals surface area contributed by atoms with Gasteiger partial charge < -0.3 is 28.4 Å². The third-order valence-electron chi connectivity index (χ3n) is 2.98. The quantitative estimate of drug-likeness (QED) is 0.636. The van der Waals surface area contributed by atoms with Crippen LogP contribution in [0.5, 0.6) is 0 Å². The predicted molar refractivity (Wildman–Crippen MR) is 59.9 cm³/mol. The summed E-state index contributed by atoms with van der Waals surface area (Å²) < 4.78 is 32.2. The zero-order chi connectivity index (χ0) is 12.8. The van der Waals surface area contributed by atoms with Crippen LogP contribution in [0.2, 0.25) is 0 Å². The third-order valence-corrected chi connectivity index (χ3v) is 2.98. The van der Waals surface area contributed by atoms with Crippen LogP contribution in [0.3, 0.4) is 0 Å². The molecule has 0 radical (unpaired) electrons. The lowest BCUT2D eigenvalue weighted by Crippen LogP contribution is -2.43. The molecule has 5 atom stereocenters. The highest BCUT2D eigenvalue weighted by Crippen LogP contribution is 2.29.